The maximum atomic E-state index is 14.8. The minimum absolute atomic E-state index is 0.106. The van der Waals surface area contributed by atoms with E-state index in [2.05, 4.69) is 6.07 Å². The molecule has 6 nitrogen and oxygen atoms in total. The molecule has 0 saturated heterocycles. The van der Waals surface area contributed by atoms with Crippen LogP contribution in [0.25, 0.3) is 32.3 Å². The second kappa shape index (κ2) is 12.3. The third kappa shape index (κ3) is 5.87. The molecule has 0 heterocycles. The Balaban J connectivity index is 1.37. The summed E-state index contributed by atoms with van der Waals surface area (Å²) >= 11 is 0. The molecule has 0 aliphatic carbocycles. The number of carbonyl (C=O) groups is 1. The number of esters is 1. The van der Waals surface area contributed by atoms with Gasteiger partial charge in [-0.05, 0) is 113 Å². The average Bonchev–Trinajstić information content (AvgIpc) is 3.09. The van der Waals surface area contributed by atoms with Crippen LogP contribution in [0.4, 0.5) is 0 Å². The van der Waals surface area contributed by atoms with Gasteiger partial charge in [0.1, 0.15) is 16.2 Å². The fourth-order valence-corrected chi connectivity index (χ4v) is 11.5. The second-order valence-corrected chi connectivity index (χ2v) is 16.9. The maximum Gasteiger partial charge on any atom is 0.344 e. The van der Waals surface area contributed by atoms with E-state index in [9.17, 15) is 13.2 Å². The van der Waals surface area contributed by atoms with E-state index in [4.69, 9.17) is 13.1 Å². The standard InChI is InChI=1S/C40H34O6S2/c1-40(2,3)45-37(41)27-44-31-21-23-34(24-22-31)47(32-13-6-4-7-14-32,33-15-8-5-9-16-33)46-48(42,43)36-26-20-30-18-17-28-11-10-12-29-19-25-35(36)39(30)38(28)29/h4-26H,27H2,1-3H3. The first-order valence-electron chi connectivity index (χ1n) is 15.6. The zero-order chi connectivity index (χ0) is 33.5. The quantitative estimate of drug-likeness (QED) is 0.112. The van der Waals surface area contributed by atoms with Gasteiger partial charge in [-0.2, -0.15) is 8.42 Å². The molecule has 0 saturated carbocycles. The molecule has 0 aromatic heterocycles. The molecule has 48 heavy (non-hydrogen) atoms. The van der Waals surface area contributed by atoms with E-state index < -0.39 is 32.0 Å². The lowest BCUT2D eigenvalue weighted by atomic mass is 9.94. The Bertz CT molecular complexity index is 2290. The molecular weight excluding hydrogens is 641 g/mol. The Kier molecular flexibility index (Phi) is 8.11. The number of benzene rings is 7. The van der Waals surface area contributed by atoms with Gasteiger partial charge in [-0.15, -0.1) is 0 Å². The van der Waals surface area contributed by atoms with Gasteiger partial charge in [0.05, 0.1) is 0 Å². The molecule has 0 aliphatic rings. The smallest absolute Gasteiger partial charge is 0.344 e. The third-order valence-electron chi connectivity index (χ3n) is 8.03. The van der Waals surface area contributed by atoms with Crippen LogP contribution in [0.1, 0.15) is 20.8 Å². The van der Waals surface area contributed by atoms with Crippen molar-refractivity contribution in [3.05, 3.63) is 140 Å². The van der Waals surface area contributed by atoms with Gasteiger partial charge in [0.25, 0.3) is 0 Å². The highest BCUT2D eigenvalue weighted by Crippen LogP contribution is 2.70. The van der Waals surface area contributed by atoms with Crippen molar-refractivity contribution >= 4 is 58.7 Å². The van der Waals surface area contributed by atoms with E-state index >= 15 is 0 Å². The number of hydrogen-bond donors (Lipinski definition) is 0. The minimum Gasteiger partial charge on any atom is -0.482 e. The minimum atomic E-state index is -4.39. The van der Waals surface area contributed by atoms with E-state index in [1.54, 1.807) is 51.1 Å². The Morgan fingerprint density at radius 2 is 1.10 bits per heavy atom. The van der Waals surface area contributed by atoms with Gasteiger partial charge >= 0.3 is 16.1 Å². The Morgan fingerprint density at radius 1 is 0.583 bits per heavy atom. The number of ether oxygens (including phenoxy) is 2. The van der Waals surface area contributed by atoms with Crippen molar-refractivity contribution in [1.29, 1.82) is 0 Å². The van der Waals surface area contributed by atoms with Crippen LogP contribution in [0.15, 0.2) is 159 Å². The van der Waals surface area contributed by atoms with Crippen LogP contribution in [-0.2, 0) is 23.3 Å². The summed E-state index contributed by atoms with van der Waals surface area (Å²) in [5.41, 5.74) is -0.629. The van der Waals surface area contributed by atoms with Crippen molar-refractivity contribution in [2.45, 2.75) is 46.0 Å². The summed E-state index contributed by atoms with van der Waals surface area (Å²) in [6.07, 6.45) is 0. The summed E-state index contributed by atoms with van der Waals surface area (Å²) in [6.45, 7) is 5.13. The van der Waals surface area contributed by atoms with Gasteiger partial charge in [-0.3, -0.25) is 0 Å². The molecule has 8 heteroatoms. The van der Waals surface area contributed by atoms with Crippen LogP contribution in [0.3, 0.4) is 0 Å². The summed E-state index contributed by atoms with van der Waals surface area (Å²) < 4.78 is 47.4. The van der Waals surface area contributed by atoms with Gasteiger partial charge in [-0.25, -0.2) is 8.42 Å². The molecule has 7 rings (SSSR count). The fourth-order valence-electron chi connectivity index (χ4n) is 6.09. The first-order valence-corrected chi connectivity index (χ1v) is 18.5. The zero-order valence-electron chi connectivity index (χ0n) is 26.8. The van der Waals surface area contributed by atoms with Crippen LogP contribution in [0.2, 0.25) is 0 Å². The molecule has 0 aliphatic heterocycles. The van der Waals surface area contributed by atoms with Crippen LogP contribution in [0, 0.1) is 0 Å². The monoisotopic (exact) mass is 674 g/mol. The Labute approximate surface area is 281 Å². The first kappa shape index (κ1) is 31.7. The average molecular weight is 675 g/mol. The molecule has 7 aromatic carbocycles. The molecule has 0 atom stereocenters. The van der Waals surface area contributed by atoms with Crippen LogP contribution in [0.5, 0.6) is 5.75 Å². The molecule has 242 valence electrons. The zero-order valence-corrected chi connectivity index (χ0v) is 28.4. The second-order valence-electron chi connectivity index (χ2n) is 12.5. The highest BCUT2D eigenvalue weighted by atomic mass is 32.3. The molecule has 0 bridgehead atoms. The predicted molar refractivity (Wildman–Crippen MR) is 191 cm³/mol. The molecule has 0 unspecified atom stereocenters. The van der Waals surface area contributed by atoms with Gasteiger partial charge in [0, 0.05) is 20.1 Å². The summed E-state index contributed by atoms with van der Waals surface area (Å²) in [5, 5.41) is 5.57. The largest absolute Gasteiger partial charge is 0.482 e. The van der Waals surface area contributed by atoms with Crippen molar-refractivity contribution in [1.82, 2.24) is 0 Å². The predicted octanol–water partition coefficient (Wildman–Crippen LogP) is 9.91. The van der Waals surface area contributed by atoms with Crippen molar-refractivity contribution in [3.63, 3.8) is 0 Å². The first-order chi connectivity index (χ1) is 23.0. The lowest BCUT2D eigenvalue weighted by Gasteiger charge is -2.39. The van der Waals surface area contributed by atoms with E-state index in [0.717, 1.165) is 26.9 Å². The Hall–Kier alpha value is -4.89. The number of rotatable bonds is 9. The van der Waals surface area contributed by atoms with E-state index in [0.29, 0.717) is 25.8 Å². The molecular formula is C40H34O6S2. The van der Waals surface area contributed by atoms with Crippen LogP contribution < -0.4 is 4.74 Å². The molecule has 0 spiro atoms. The van der Waals surface area contributed by atoms with E-state index in [1.165, 1.54) is 0 Å². The van der Waals surface area contributed by atoms with Crippen molar-refractivity contribution < 1.29 is 26.3 Å². The lowest BCUT2D eigenvalue weighted by molar-refractivity contribution is -0.157. The SMILES string of the molecule is CC(C)(C)OC(=O)COc1ccc(S(OS(=O)(=O)c2ccc3ccc4cccc5ccc2c3c45)(c2ccccc2)c2ccccc2)cc1. The summed E-state index contributed by atoms with van der Waals surface area (Å²) in [5.74, 6) is -0.0449. The van der Waals surface area contributed by atoms with Crippen LogP contribution in [-0.4, -0.2) is 26.6 Å². The molecule has 0 fully saturated rings. The molecule has 0 amide bonds. The fraction of sp³-hybridized carbons (Fsp3) is 0.125. The highest BCUT2D eigenvalue weighted by molar-refractivity contribution is 8.33. The topological polar surface area (TPSA) is 78.9 Å². The van der Waals surface area contributed by atoms with Gasteiger partial charge < -0.3 is 9.47 Å². The lowest BCUT2D eigenvalue weighted by Crippen LogP contribution is -2.27. The van der Waals surface area contributed by atoms with Gasteiger partial charge in [0.2, 0.25) is 0 Å². The maximum absolute atomic E-state index is 14.8. The number of hydrogen-bond acceptors (Lipinski definition) is 6. The molecule has 0 N–H and O–H groups in total. The summed E-state index contributed by atoms with van der Waals surface area (Å²) in [7, 11) is -7.27. The Morgan fingerprint density at radius 3 is 1.69 bits per heavy atom. The van der Waals surface area contributed by atoms with E-state index in [-0.39, 0.29) is 11.5 Å². The van der Waals surface area contributed by atoms with Crippen molar-refractivity contribution in [3.8, 4) is 5.75 Å². The summed E-state index contributed by atoms with van der Waals surface area (Å²) in [4.78, 5) is 14.5. The molecule has 7 aromatic rings. The van der Waals surface area contributed by atoms with Crippen molar-refractivity contribution in [2.24, 2.45) is 0 Å². The highest BCUT2D eigenvalue weighted by Gasteiger charge is 2.39. The number of carbonyl (C=O) groups excluding carboxylic acids is 1. The van der Waals surface area contributed by atoms with Crippen LogP contribution >= 0.6 is 10.3 Å². The molecule has 0 radical (unpaired) electrons. The summed E-state index contributed by atoms with van der Waals surface area (Å²) in [6, 6.07) is 43.5. The third-order valence-corrected chi connectivity index (χ3v) is 13.3. The van der Waals surface area contributed by atoms with Gasteiger partial charge in [0.15, 0.2) is 6.61 Å². The van der Waals surface area contributed by atoms with Gasteiger partial charge in [-0.1, -0.05) is 84.9 Å². The normalized spacial score (nSPS) is 12.8. The van der Waals surface area contributed by atoms with E-state index in [1.807, 2.05) is 103 Å². The van der Waals surface area contributed by atoms with Crippen molar-refractivity contribution in [2.75, 3.05) is 6.61 Å².